The smallest absolute Gasteiger partial charge is 0.349 e. The Labute approximate surface area is 174 Å². The molecule has 5 nitrogen and oxygen atoms in total. The highest BCUT2D eigenvalue weighted by Crippen LogP contribution is 2.31. The Hall–Kier alpha value is -3.39. The molecule has 0 aliphatic heterocycles. The van der Waals surface area contributed by atoms with Crippen molar-refractivity contribution in [3.63, 3.8) is 0 Å². The second kappa shape index (κ2) is 7.79. The lowest BCUT2D eigenvalue weighted by Crippen LogP contribution is -2.24. The van der Waals surface area contributed by atoms with Crippen LogP contribution in [0.1, 0.15) is 32.6 Å². The molecule has 2 aromatic heterocycles. The van der Waals surface area contributed by atoms with Gasteiger partial charge in [-0.1, -0.05) is 18.2 Å². The van der Waals surface area contributed by atoms with Crippen molar-refractivity contribution in [2.24, 2.45) is 0 Å². The van der Waals surface area contributed by atoms with E-state index in [-0.39, 0.29) is 5.56 Å². The number of aromatic nitrogens is 2. The predicted octanol–water partition coefficient (Wildman–Crippen LogP) is 5.10. The molecule has 0 aliphatic carbocycles. The van der Waals surface area contributed by atoms with E-state index >= 15 is 0 Å². The number of para-hydroxylation sites is 1. The average molecular weight is 426 g/mol. The molecule has 30 heavy (non-hydrogen) atoms. The van der Waals surface area contributed by atoms with Crippen LogP contribution in [0.3, 0.4) is 0 Å². The van der Waals surface area contributed by atoms with E-state index in [4.69, 9.17) is 4.74 Å². The summed E-state index contributed by atoms with van der Waals surface area (Å²) in [7, 11) is 0. The highest BCUT2D eigenvalue weighted by molar-refractivity contribution is 7.20. The maximum atomic E-state index is 13.4. The van der Waals surface area contributed by atoms with Gasteiger partial charge in [0.1, 0.15) is 9.71 Å². The highest BCUT2D eigenvalue weighted by atomic mass is 32.1. The van der Waals surface area contributed by atoms with E-state index in [9.17, 15) is 18.4 Å². The van der Waals surface area contributed by atoms with Crippen LogP contribution in [-0.4, -0.2) is 27.6 Å². The topological polar surface area (TPSA) is 61.2 Å². The van der Waals surface area contributed by atoms with Crippen molar-refractivity contribution in [1.82, 2.24) is 9.78 Å². The first kappa shape index (κ1) is 19.9. The fraction of sp³-hybridized carbons (Fsp3) is 0.136. The first-order valence-electron chi connectivity index (χ1n) is 9.10. The van der Waals surface area contributed by atoms with Gasteiger partial charge in [-0.25, -0.2) is 18.3 Å². The first-order valence-corrected chi connectivity index (χ1v) is 9.91. The van der Waals surface area contributed by atoms with Gasteiger partial charge in [0, 0.05) is 10.9 Å². The molecule has 0 aliphatic rings. The maximum Gasteiger partial charge on any atom is 0.349 e. The lowest BCUT2D eigenvalue weighted by atomic mass is 10.1. The maximum absolute atomic E-state index is 13.4. The summed E-state index contributed by atoms with van der Waals surface area (Å²) in [6.45, 7) is 3.24. The minimum Gasteiger partial charge on any atom is -0.450 e. The van der Waals surface area contributed by atoms with Crippen LogP contribution >= 0.6 is 11.3 Å². The van der Waals surface area contributed by atoms with Gasteiger partial charge < -0.3 is 4.74 Å². The van der Waals surface area contributed by atoms with E-state index in [1.54, 1.807) is 10.7 Å². The summed E-state index contributed by atoms with van der Waals surface area (Å²) in [4.78, 5) is 26.1. The fourth-order valence-electron chi connectivity index (χ4n) is 3.05. The van der Waals surface area contributed by atoms with Crippen molar-refractivity contribution in [1.29, 1.82) is 0 Å². The molecule has 0 N–H and O–H groups in total. The normalized spacial score (nSPS) is 12.1. The van der Waals surface area contributed by atoms with Gasteiger partial charge in [0.25, 0.3) is 0 Å². The summed E-state index contributed by atoms with van der Waals surface area (Å²) in [5, 5.41) is 5.33. The molecule has 0 saturated carbocycles. The SMILES string of the molecule is Cc1nn(-c2ccccc2)c2sc(C(=O)OC(C)C(=O)c3ccc(F)c(F)c3)cc12. The number of nitrogens with zero attached hydrogens (tertiary/aromatic N) is 2. The third kappa shape index (κ3) is 3.61. The number of ketones is 1. The lowest BCUT2D eigenvalue weighted by Gasteiger charge is -2.11. The molecule has 4 aromatic rings. The molecule has 2 heterocycles. The van der Waals surface area contributed by atoms with Crippen molar-refractivity contribution in [2.45, 2.75) is 20.0 Å². The van der Waals surface area contributed by atoms with Gasteiger partial charge in [-0.3, -0.25) is 4.79 Å². The molecule has 152 valence electrons. The number of hydrogen-bond donors (Lipinski definition) is 0. The van der Waals surface area contributed by atoms with E-state index in [2.05, 4.69) is 5.10 Å². The van der Waals surface area contributed by atoms with Gasteiger partial charge >= 0.3 is 5.97 Å². The Balaban J connectivity index is 1.57. The van der Waals surface area contributed by atoms with Crippen LogP contribution in [0, 0.1) is 18.6 Å². The number of carbonyl (C=O) groups excluding carboxylic acids is 2. The molecule has 2 aromatic carbocycles. The molecule has 1 atom stereocenters. The predicted molar refractivity (Wildman–Crippen MR) is 109 cm³/mol. The van der Waals surface area contributed by atoms with E-state index in [0.717, 1.165) is 39.8 Å². The number of thiophene rings is 1. The van der Waals surface area contributed by atoms with Gasteiger partial charge in [0.15, 0.2) is 17.7 Å². The zero-order valence-electron chi connectivity index (χ0n) is 16.1. The molecule has 8 heteroatoms. The van der Waals surface area contributed by atoms with Crippen LogP contribution in [0.25, 0.3) is 15.9 Å². The zero-order valence-corrected chi connectivity index (χ0v) is 16.9. The number of hydrogen-bond acceptors (Lipinski definition) is 5. The van der Waals surface area contributed by atoms with Gasteiger partial charge in [-0.05, 0) is 50.2 Å². The highest BCUT2D eigenvalue weighted by Gasteiger charge is 2.24. The summed E-state index contributed by atoms with van der Waals surface area (Å²) in [5.41, 5.74) is 1.55. The summed E-state index contributed by atoms with van der Waals surface area (Å²) in [6, 6.07) is 14.0. The summed E-state index contributed by atoms with van der Waals surface area (Å²) >= 11 is 1.21. The molecular weight excluding hydrogens is 410 g/mol. The molecule has 0 amide bonds. The van der Waals surface area contributed by atoms with E-state index < -0.39 is 29.5 Å². The molecule has 4 rings (SSSR count). The van der Waals surface area contributed by atoms with Crippen molar-refractivity contribution in [3.8, 4) is 5.69 Å². The molecule has 0 bridgehead atoms. The van der Waals surface area contributed by atoms with Crippen LogP contribution in [-0.2, 0) is 4.74 Å². The zero-order chi connectivity index (χ0) is 21.4. The fourth-order valence-corrected chi connectivity index (χ4v) is 4.11. The minimum absolute atomic E-state index is 0.0684. The molecular formula is C22H16F2N2O3S. The Morgan fingerprint density at radius 1 is 1.07 bits per heavy atom. The van der Waals surface area contributed by atoms with Gasteiger partial charge in [0.05, 0.1) is 11.4 Å². The summed E-state index contributed by atoms with van der Waals surface area (Å²) in [6.07, 6.45) is -1.15. The van der Waals surface area contributed by atoms with Crippen molar-refractivity contribution in [3.05, 3.63) is 82.4 Å². The second-order valence-corrected chi connectivity index (χ2v) is 7.73. The number of fused-ring (bicyclic) bond motifs is 1. The van der Waals surface area contributed by atoms with E-state index in [1.165, 1.54) is 18.3 Å². The molecule has 0 fully saturated rings. The molecule has 1 unspecified atom stereocenters. The molecule has 0 radical (unpaired) electrons. The van der Waals surface area contributed by atoms with Gasteiger partial charge in [0.2, 0.25) is 5.78 Å². The number of rotatable bonds is 5. The average Bonchev–Trinajstić information content (AvgIpc) is 3.31. The number of halogens is 2. The molecule has 0 spiro atoms. The summed E-state index contributed by atoms with van der Waals surface area (Å²) in [5.74, 6) is -3.47. The first-order chi connectivity index (χ1) is 14.3. The van der Waals surface area contributed by atoms with E-state index in [1.807, 2.05) is 37.3 Å². The van der Waals surface area contributed by atoms with Gasteiger partial charge in [-0.15, -0.1) is 11.3 Å². The van der Waals surface area contributed by atoms with Crippen LogP contribution in [0.2, 0.25) is 0 Å². The van der Waals surface area contributed by atoms with Crippen LogP contribution in [0.15, 0.2) is 54.6 Å². The number of esters is 1. The second-order valence-electron chi connectivity index (χ2n) is 6.70. The van der Waals surface area contributed by atoms with Crippen molar-refractivity contribution in [2.75, 3.05) is 0 Å². The van der Waals surface area contributed by atoms with Crippen LogP contribution in [0.5, 0.6) is 0 Å². The van der Waals surface area contributed by atoms with Crippen molar-refractivity contribution >= 4 is 33.3 Å². The number of Topliss-reactive ketones (excluding diaryl/α,β-unsaturated/α-hetero) is 1. The third-order valence-electron chi connectivity index (χ3n) is 4.60. The Kier molecular flexibility index (Phi) is 5.17. The number of benzene rings is 2. The lowest BCUT2D eigenvalue weighted by molar-refractivity contribution is 0.0323. The largest absolute Gasteiger partial charge is 0.450 e. The van der Waals surface area contributed by atoms with E-state index in [0.29, 0.717) is 4.88 Å². The Morgan fingerprint density at radius 2 is 1.80 bits per heavy atom. The Bertz CT molecular complexity index is 1260. The van der Waals surface area contributed by atoms with Crippen LogP contribution < -0.4 is 0 Å². The number of carbonyl (C=O) groups is 2. The number of ether oxygens (including phenoxy) is 1. The van der Waals surface area contributed by atoms with Gasteiger partial charge in [-0.2, -0.15) is 5.10 Å². The standard InChI is InChI=1S/C22H16F2N2O3S/c1-12-16-11-19(30-21(16)26(25-12)15-6-4-3-5-7-15)22(28)29-13(2)20(27)14-8-9-17(23)18(24)10-14/h3-11,13H,1-2H3. The number of aryl methyl sites for hydroxylation is 1. The van der Waals surface area contributed by atoms with Crippen LogP contribution in [0.4, 0.5) is 8.78 Å². The Morgan fingerprint density at radius 3 is 2.50 bits per heavy atom. The third-order valence-corrected chi connectivity index (χ3v) is 5.69. The minimum atomic E-state index is -1.15. The monoisotopic (exact) mass is 426 g/mol. The molecule has 0 saturated heterocycles. The summed E-state index contributed by atoms with van der Waals surface area (Å²) < 4.78 is 33.5. The van der Waals surface area contributed by atoms with Crippen molar-refractivity contribution < 1.29 is 23.1 Å². The quantitative estimate of drug-likeness (QED) is 0.329.